The highest BCUT2D eigenvalue weighted by Crippen LogP contribution is 2.28. The van der Waals surface area contributed by atoms with Crippen molar-refractivity contribution < 1.29 is 14.8 Å². The lowest BCUT2D eigenvalue weighted by atomic mass is 10.1. The van der Waals surface area contributed by atoms with Gasteiger partial charge in [-0.1, -0.05) is 17.9 Å². The third-order valence-corrected chi connectivity index (χ3v) is 2.06. The Balaban J connectivity index is 2.74. The Morgan fingerprint density at radius 2 is 2.28 bits per heavy atom. The minimum atomic E-state index is -0.669. The number of carbonyl (C=O) groups excluding carboxylic acids is 1. The summed E-state index contributed by atoms with van der Waals surface area (Å²) >= 11 is 0. The standard InChI is InChI=1S/C12H12N2O4/c1-9(15)13-8-3-2-5-10-6-4-7-11(12(10)16)14(17)18/h4,6-7,16H,3,8H2,1H3,(H,13,15). The summed E-state index contributed by atoms with van der Waals surface area (Å²) < 4.78 is 0. The van der Waals surface area contributed by atoms with Gasteiger partial charge in [-0.15, -0.1) is 0 Å². The summed E-state index contributed by atoms with van der Waals surface area (Å²) in [5, 5.41) is 22.7. The zero-order chi connectivity index (χ0) is 13.5. The van der Waals surface area contributed by atoms with E-state index in [2.05, 4.69) is 17.2 Å². The van der Waals surface area contributed by atoms with Gasteiger partial charge in [-0.2, -0.15) is 0 Å². The van der Waals surface area contributed by atoms with E-state index in [-0.39, 0.29) is 17.2 Å². The van der Waals surface area contributed by atoms with Gasteiger partial charge in [-0.25, -0.2) is 0 Å². The smallest absolute Gasteiger partial charge is 0.312 e. The molecule has 0 heterocycles. The van der Waals surface area contributed by atoms with Crippen molar-refractivity contribution in [3.8, 4) is 17.6 Å². The number of hydrogen-bond acceptors (Lipinski definition) is 4. The number of nitro benzene ring substituents is 1. The molecule has 1 aromatic carbocycles. The van der Waals surface area contributed by atoms with Crippen LogP contribution in [0.2, 0.25) is 0 Å². The maximum absolute atomic E-state index is 10.6. The molecule has 2 N–H and O–H groups in total. The Hall–Kier alpha value is -2.55. The van der Waals surface area contributed by atoms with Gasteiger partial charge in [0.1, 0.15) is 0 Å². The molecular formula is C12H12N2O4. The van der Waals surface area contributed by atoms with Crippen LogP contribution < -0.4 is 5.32 Å². The third-order valence-electron chi connectivity index (χ3n) is 2.06. The highest BCUT2D eigenvalue weighted by molar-refractivity contribution is 5.72. The third kappa shape index (κ3) is 3.79. The molecule has 0 fully saturated rings. The molecule has 0 saturated heterocycles. The Bertz CT molecular complexity index is 529. The van der Waals surface area contributed by atoms with Crippen molar-refractivity contribution in [3.63, 3.8) is 0 Å². The van der Waals surface area contributed by atoms with Crippen LogP contribution in [0.4, 0.5) is 5.69 Å². The summed E-state index contributed by atoms with van der Waals surface area (Å²) in [6, 6.07) is 4.15. The van der Waals surface area contributed by atoms with E-state index in [0.29, 0.717) is 13.0 Å². The first kappa shape index (κ1) is 13.5. The second kappa shape index (κ2) is 6.25. The van der Waals surface area contributed by atoms with Crippen molar-refractivity contribution in [3.05, 3.63) is 33.9 Å². The first-order chi connectivity index (χ1) is 8.52. The van der Waals surface area contributed by atoms with E-state index in [0.717, 1.165) is 0 Å². The maximum atomic E-state index is 10.6. The number of para-hydroxylation sites is 1. The number of hydrogen-bond donors (Lipinski definition) is 2. The summed E-state index contributed by atoms with van der Waals surface area (Å²) in [5.74, 6) is 4.76. The monoisotopic (exact) mass is 248 g/mol. The van der Waals surface area contributed by atoms with Gasteiger partial charge in [-0.3, -0.25) is 14.9 Å². The number of nitro groups is 1. The van der Waals surface area contributed by atoms with Crippen LogP contribution in [0.25, 0.3) is 0 Å². The average Bonchev–Trinajstić information content (AvgIpc) is 2.30. The van der Waals surface area contributed by atoms with E-state index in [1.54, 1.807) is 0 Å². The number of rotatable bonds is 3. The van der Waals surface area contributed by atoms with Crippen molar-refractivity contribution >= 4 is 11.6 Å². The topological polar surface area (TPSA) is 92.5 Å². The Labute approximate surface area is 104 Å². The summed E-state index contributed by atoms with van der Waals surface area (Å²) in [5.41, 5.74) is -0.171. The minimum Gasteiger partial charge on any atom is -0.501 e. The van der Waals surface area contributed by atoms with Gasteiger partial charge < -0.3 is 10.4 Å². The molecule has 18 heavy (non-hydrogen) atoms. The van der Waals surface area contributed by atoms with Crippen LogP contribution in [0, 0.1) is 22.0 Å². The molecule has 6 nitrogen and oxygen atoms in total. The zero-order valence-corrected chi connectivity index (χ0v) is 9.77. The van der Waals surface area contributed by atoms with E-state index in [1.165, 1.54) is 25.1 Å². The lowest BCUT2D eigenvalue weighted by Gasteiger charge is -1.98. The minimum absolute atomic E-state index is 0.144. The van der Waals surface area contributed by atoms with Gasteiger partial charge in [0.15, 0.2) is 0 Å². The number of phenols is 1. The molecule has 0 aromatic heterocycles. The quantitative estimate of drug-likeness (QED) is 0.363. The molecule has 0 bridgehead atoms. The Morgan fingerprint density at radius 3 is 2.89 bits per heavy atom. The van der Waals surface area contributed by atoms with Crippen molar-refractivity contribution in [2.45, 2.75) is 13.3 Å². The van der Waals surface area contributed by atoms with Crippen LogP contribution in [0.3, 0.4) is 0 Å². The SMILES string of the molecule is CC(=O)NCCC#Cc1cccc([N+](=O)[O-])c1O. The fraction of sp³-hybridized carbons (Fsp3) is 0.250. The summed E-state index contributed by atoms with van der Waals surface area (Å²) in [7, 11) is 0. The van der Waals surface area contributed by atoms with Gasteiger partial charge in [0.05, 0.1) is 10.5 Å². The number of aromatic hydroxyl groups is 1. The summed E-state index contributed by atoms with van der Waals surface area (Å²) in [6.45, 7) is 1.80. The lowest BCUT2D eigenvalue weighted by molar-refractivity contribution is -0.385. The first-order valence-corrected chi connectivity index (χ1v) is 5.22. The second-order valence-corrected chi connectivity index (χ2v) is 3.47. The summed E-state index contributed by atoms with van der Waals surface area (Å²) in [6.07, 6.45) is 0.404. The van der Waals surface area contributed by atoms with Crippen LogP contribution in [0.5, 0.6) is 5.75 Å². The van der Waals surface area contributed by atoms with Crippen molar-refractivity contribution in [2.75, 3.05) is 6.54 Å². The molecule has 94 valence electrons. The molecule has 1 rings (SSSR count). The largest absolute Gasteiger partial charge is 0.501 e. The van der Waals surface area contributed by atoms with E-state index in [4.69, 9.17) is 0 Å². The predicted octanol–water partition coefficient (Wildman–Crippen LogP) is 1.18. The van der Waals surface area contributed by atoms with Crippen LogP contribution in [-0.4, -0.2) is 22.5 Å². The van der Waals surface area contributed by atoms with Crippen LogP contribution in [0.1, 0.15) is 18.9 Å². The fourth-order valence-corrected chi connectivity index (χ4v) is 1.24. The number of benzene rings is 1. The van der Waals surface area contributed by atoms with Crippen LogP contribution in [0.15, 0.2) is 18.2 Å². The summed E-state index contributed by atoms with van der Waals surface area (Å²) in [4.78, 5) is 20.5. The van der Waals surface area contributed by atoms with Crippen LogP contribution >= 0.6 is 0 Å². The molecule has 0 unspecified atom stereocenters. The van der Waals surface area contributed by atoms with E-state index < -0.39 is 10.7 Å². The van der Waals surface area contributed by atoms with Crippen LogP contribution in [-0.2, 0) is 4.79 Å². The number of phenolic OH excluding ortho intramolecular Hbond substituents is 1. The molecule has 1 aromatic rings. The normalized spacial score (nSPS) is 9.17. The molecule has 0 aliphatic heterocycles. The highest BCUT2D eigenvalue weighted by Gasteiger charge is 2.14. The van der Waals surface area contributed by atoms with Gasteiger partial charge in [0.25, 0.3) is 0 Å². The number of nitrogens with one attached hydrogen (secondary N) is 1. The van der Waals surface area contributed by atoms with Crippen molar-refractivity contribution in [2.24, 2.45) is 0 Å². The average molecular weight is 248 g/mol. The Kier molecular flexibility index (Phi) is 4.69. The zero-order valence-electron chi connectivity index (χ0n) is 9.77. The van der Waals surface area contributed by atoms with Gasteiger partial charge in [-0.05, 0) is 6.07 Å². The van der Waals surface area contributed by atoms with E-state index >= 15 is 0 Å². The molecule has 0 spiro atoms. The van der Waals surface area contributed by atoms with Gasteiger partial charge in [0, 0.05) is 26.0 Å². The predicted molar refractivity (Wildman–Crippen MR) is 64.9 cm³/mol. The number of carbonyl (C=O) groups is 1. The van der Waals surface area contributed by atoms with Gasteiger partial charge >= 0.3 is 5.69 Å². The maximum Gasteiger partial charge on any atom is 0.312 e. The number of amides is 1. The molecular weight excluding hydrogens is 236 g/mol. The highest BCUT2D eigenvalue weighted by atomic mass is 16.6. The lowest BCUT2D eigenvalue weighted by Crippen LogP contribution is -2.20. The molecule has 0 radical (unpaired) electrons. The second-order valence-electron chi connectivity index (χ2n) is 3.47. The van der Waals surface area contributed by atoms with E-state index in [1.807, 2.05) is 0 Å². The van der Waals surface area contributed by atoms with Gasteiger partial charge in [0.2, 0.25) is 11.7 Å². The Morgan fingerprint density at radius 1 is 1.56 bits per heavy atom. The fourth-order valence-electron chi connectivity index (χ4n) is 1.24. The van der Waals surface area contributed by atoms with Crippen molar-refractivity contribution in [1.29, 1.82) is 0 Å². The molecule has 0 aliphatic carbocycles. The first-order valence-electron chi connectivity index (χ1n) is 5.22. The molecule has 0 atom stereocenters. The molecule has 0 saturated carbocycles. The van der Waals surface area contributed by atoms with E-state index in [9.17, 15) is 20.0 Å². The molecule has 6 heteroatoms. The van der Waals surface area contributed by atoms with Crippen molar-refractivity contribution in [1.82, 2.24) is 5.32 Å². The number of nitrogens with zero attached hydrogens (tertiary/aromatic N) is 1. The molecule has 0 aliphatic rings. The molecule has 1 amide bonds.